The molecule has 1 aromatic rings. The zero-order chi connectivity index (χ0) is 10.6. The Morgan fingerprint density at radius 1 is 1.57 bits per heavy atom. The number of carbonyl (C=O) groups excluding carboxylic acids is 1. The maximum atomic E-state index is 11.8. The van der Waals surface area contributed by atoms with Gasteiger partial charge in [0.05, 0.1) is 0 Å². The molecule has 0 saturated carbocycles. The van der Waals surface area contributed by atoms with Gasteiger partial charge in [-0.2, -0.15) is 0 Å². The summed E-state index contributed by atoms with van der Waals surface area (Å²) in [7, 11) is 0. The van der Waals surface area contributed by atoms with Crippen molar-refractivity contribution in [3.63, 3.8) is 0 Å². The molecule has 0 aromatic carbocycles. The van der Waals surface area contributed by atoms with Crippen molar-refractivity contribution in [3.8, 4) is 0 Å². The number of nitrogens with two attached hydrogens (primary N) is 1. The molecule has 0 amide bonds. The molecule has 2 N–H and O–H groups in total. The Kier molecular flexibility index (Phi) is 4.22. The van der Waals surface area contributed by atoms with Crippen LogP contribution in [0.25, 0.3) is 0 Å². The molecule has 0 aliphatic heterocycles. The topological polar surface area (TPSA) is 56.0 Å². The highest BCUT2D eigenvalue weighted by molar-refractivity contribution is 7.09. The third-order valence-corrected chi connectivity index (χ3v) is 3.21. The van der Waals surface area contributed by atoms with Crippen molar-refractivity contribution >= 4 is 17.1 Å². The minimum absolute atomic E-state index is 0.114. The molecule has 0 spiro atoms. The SMILES string of the molecule is CCC(CC)C(=O)c1csc(CN)n1. The molecular formula is C10H16N2OS. The van der Waals surface area contributed by atoms with Gasteiger partial charge in [0.2, 0.25) is 0 Å². The third kappa shape index (κ3) is 2.39. The van der Waals surface area contributed by atoms with Gasteiger partial charge in [0, 0.05) is 17.8 Å². The fraction of sp³-hybridized carbons (Fsp3) is 0.600. The average Bonchev–Trinajstić information content (AvgIpc) is 2.67. The summed E-state index contributed by atoms with van der Waals surface area (Å²) in [6.07, 6.45) is 1.76. The second-order valence-electron chi connectivity index (χ2n) is 3.21. The predicted molar refractivity (Wildman–Crippen MR) is 58.4 cm³/mol. The van der Waals surface area contributed by atoms with E-state index < -0.39 is 0 Å². The minimum Gasteiger partial charge on any atom is -0.325 e. The van der Waals surface area contributed by atoms with E-state index in [-0.39, 0.29) is 11.7 Å². The summed E-state index contributed by atoms with van der Waals surface area (Å²) >= 11 is 1.46. The summed E-state index contributed by atoms with van der Waals surface area (Å²) in [5, 5.41) is 2.64. The van der Waals surface area contributed by atoms with Crippen molar-refractivity contribution in [2.45, 2.75) is 33.2 Å². The van der Waals surface area contributed by atoms with Gasteiger partial charge in [-0.1, -0.05) is 13.8 Å². The molecule has 0 saturated heterocycles. The predicted octanol–water partition coefficient (Wildman–Crippen LogP) is 2.22. The molecule has 3 nitrogen and oxygen atoms in total. The van der Waals surface area contributed by atoms with E-state index in [0.29, 0.717) is 12.2 Å². The number of Topliss-reactive ketones (excluding diaryl/α,β-unsaturated/α-hetero) is 1. The number of rotatable bonds is 5. The lowest BCUT2D eigenvalue weighted by molar-refractivity contribution is 0.0909. The van der Waals surface area contributed by atoms with Crippen molar-refractivity contribution in [1.29, 1.82) is 0 Å². The van der Waals surface area contributed by atoms with Crippen LogP contribution in [-0.4, -0.2) is 10.8 Å². The lowest BCUT2D eigenvalue weighted by Crippen LogP contribution is -2.13. The van der Waals surface area contributed by atoms with Crippen LogP contribution in [-0.2, 0) is 6.54 Å². The Balaban J connectivity index is 2.77. The summed E-state index contributed by atoms with van der Waals surface area (Å²) in [6.45, 7) is 4.48. The number of hydrogen-bond acceptors (Lipinski definition) is 4. The summed E-state index contributed by atoms with van der Waals surface area (Å²) in [5.74, 6) is 0.272. The van der Waals surface area contributed by atoms with Crippen LogP contribution in [0.3, 0.4) is 0 Å². The van der Waals surface area contributed by atoms with Crippen molar-refractivity contribution in [2.75, 3.05) is 0 Å². The second-order valence-corrected chi connectivity index (χ2v) is 4.15. The molecule has 14 heavy (non-hydrogen) atoms. The van der Waals surface area contributed by atoms with Crippen LogP contribution in [0.2, 0.25) is 0 Å². The molecular weight excluding hydrogens is 196 g/mol. The van der Waals surface area contributed by atoms with Gasteiger partial charge in [-0.15, -0.1) is 11.3 Å². The van der Waals surface area contributed by atoms with E-state index in [0.717, 1.165) is 17.8 Å². The first-order valence-corrected chi connectivity index (χ1v) is 5.79. The van der Waals surface area contributed by atoms with Crippen LogP contribution >= 0.6 is 11.3 Å². The molecule has 4 heteroatoms. The van der Waals surface area contributed by atoms with Crippen LogP contribution in [0.15, 0.2) is 5.38 Å². The fourth-order valence-electron chi connectivity index (χ4n) is 1.39. The monoisotopic (exact) mass is 212 g/mol. The zero-order valence-corrected chi connectivity index (χ0v) is 9.43. The highest BCUT2D eigenvalue weighted by Crippen LogP contribution is 2.17. The molecule has 0 radical (unpaired) electrons. The Morgan fingerprint density at radius 3 is 2.64 bits per heavy atom. The lowest BCUT2D eigenvalue weighted by atomic mass is 9.97. The lowest BCUT2D eigenvalue weighted by Gasteiger charge is -2.07. The van der Waals surface area contributed by atoms with Crippen LogP contribution in [0.1, 0.15) is 42.2 Å². The van der Waals surface area contributed by atoms with Gasteiger partial charge in [0.1, 0.15) is 10.7 Å². The molecule has 78 valence electrons. The van der Waals surface area contributed by atoms with Crippen LogP contribution in [0.4, 0.5) is 0 Å². The van der Waals surface area contributed by atoms with Gasteiger partial charge in [-0.05, 0) is 12.8 Å². The highest BCUT2D eigenvalue weighted by atomic mass is 32.1. The molecule has 0 aliphatic carbocycles. The minimum atomic E-state index is 0.114. The van der Waals surface area contributed by atoms with Gasteiger partial charge in [0.25, 0.3) is 0 Å². The smallest absolute Gasteiger partial charge is 0.185 e. The molecule has 0 atom stereocenters. The Morgan fingerprint density at radius 2 is 2.21 bits per heavy atom. The van der Waals surface area contributed by atoms with Gasteiger partial charge in [0.15, 0.2) is 5.78 Å². The molecule has 1 aromatic heterocycles. The molecule has 1 rings (SSSR count). The Bertz CT molecular complexity index is 305. The first-order valence-electron chi connectivity index (χ1n) is 4.91. The van der Waals surface area contributed by atoms with Crippen LogP contribution < -0.4 is 5.73 Å². The summed E-state index contributed by atoms with van der Waals surface area (Å²) in [4.78, 5) is 16.0. The second kappa shape index (κ2) is 5.22. The summed E-state index contributed by atoms with van der Waals surface area (Å²) in [5.41, 5.74) is 6.03. The van der Waals surface area contributed by atoms with Crippen molar-refractivity contribution in [3.05, 3.63) is 16.1 Å². The zero-order valence-electron chi connectivity index (χ0n) is 8.62. The number of nitrogens with zero attached hydrogens (tertiary/aromatic N) is 1. The maximum absolute atomic E-state index is 11.8. The Labute approximate surface area is 88.3 Å². The van der Waals surface area contributed by atoms with E-state index in [1.54, 1.807) is 0 Å². The largest absolute Gasteiger partial charge is 0.325 e. The molecule has 0 fully saturated rings. The van der Waals surface area contributed by atoms with E-state index in [1.807, 2.05) is 19.2 Å². The van der Waals surface area contributed by atoms with Crippen LogP contribution in [0.5, 0.6) is 0 Å². The quantitative estimate of drug-likeness (QED) is 0.761. The van der Waals surface area contributed by atoms with Gasteiger partial charge in [-0.3, -0.25) is 4.79 Å². The maximum Gasteiger partial charge on any atom is 0.185 e. The van der Waals surface area contributed by atoms with E-state index >= 15 is 0 Å². The Hall–Kier alpha value is -0.740. The summed E-state index contributed by atoms with van der Waals surface area (Å²) < 4.78 is 0. The number of thiazole rings is 1. The average molecular weight is 212 g/mol. The molecule has 1 heterocycles. The third-order valence-electron chi connectivity index (χ3n) is 2.34. The van der Waals surface area contributed by atoms with Crippen LogP contribution in [0, 0.1) is 5.92 Å². The first kappa shape index (κ1) is 11.3. The number of aromatic nitrogens is 1. The van der Waals surface area contributed by atoms with Gasteiger partial charge in [-0.25, -0.2) is 4.98 Å². The van der Waals surface area contributed by atoms with E-state index in [2.05, 4.69) is 4.98 Å². The molecule has 0 bridgehead atoms. The van der Waals surface area contributed by atoms with E-state index in [1.165, 1.54) is 11.3 Å². The fourth-order valence-corrected chi connectivity index (χ4v) is 2.05. The van der Waals surface area contributed by atoms with E-state index in [4.69, 9.17) is 5.73 Å². The van der Waals surface area contributed by atoms with Gasteiger partial charge >= 0.3 is 0 Å². The van der Waals surface area contributed by atoms with Crippen molar-refractivity contribution in [1.82, 2.24) is 4.98 Å². The van der Waals surface area contributed by atoms with Crippen molar-refractivity contribution < 1.29 is 4.79 Å². The standard InChI is InChI=1S/C10H16N2OS/c1-3-7(4-2)10(13)8-6-14-9(5-11)12-8/h6-7H,3-5,11H2,1-2H3. The number of ketones is 1. The first-order chi connectivity index (χ1) is 6.72. The molecule has 0 aliphatic rings. The highest BCUT2D eigenvalue weighted by Gasteiger charge is 2.18. The van der Waals surface area contributed by atoms with Crippen molar-refractivity contribution in [2.24, 2.45) is 11.7 Å². The number of hydrogen-bond donors (Lipinski definition) is 1. The normalized spacial score (nSPS) is 10.9. The van der Waals surface area contributed by atoms with Gasteiger partial charge < -0.3 is 5.73 Å². The number of carbonyl (C=O) groups is 1. The summed E-state index contributed by atoms with van der Waals surface area (Å²) in [6, 6.07) is 0. The van der Waals surface area contributed by atoms with E-state index in [9.17, 15) is 4.79 Å². The molecule has 0 unspecified atom stereocenters.